The molecule has 3 heteroatoms. The molecule has 1 aromatic carbocycles. The van der Waals surface area contributed by atoms with Crippen LogP contribution in [0.25, 0.3) is 11.0 Å². The summed E-state index contributed by atoms with van der Waals surface area (Å²) in [6, 6.07) is 6.57. The Bertz CT molecular complexity index is 528. The van der Waals surface area contributed by atoms with Crippen molar-refractivity contribution in [2.45, 2.75) is 52.5 Å². The van der Waals surface area contributed by atoms with Crippen LogP contribution < -0.4 is 5.73 Å². The summed E-state index contributed by atoms with van der Waals surface area (Å²) in [7, 11) is 0. The Morgan fingerprint density at radius 1 is 1.21 bits per heavy atom. The molecule has 0 saturated heterocycles. The molecule has 1 aromatic heterocycles. The second kappa shape index (κ2) is 6.71. The molecule has 0 amide bonds. The summed E-state index contributed by atoms with van der Waals surface area (Å²) < 4.78 is 2.39. The van der Waals surface area contributed by atoms with Crippen molar-refractivity contribution in [3.63, 3.8) is 0 Å². The Kier molecular flexibility index (Phi) is 4.97. The normalized spacial score (nSPS) is 11.3. The number of imidazole rings is 1. The van der Waals surface area contributed by atoms with Crippen LogP contribution in [0.1, 0.15) is 44.0 Å². The van der Waals surface area contributed by atoms with Crippen molar-refractivity contribution < 1.29 is 0 Å². The highest BCUT2D eigenvalue weighted by Gasteiger charge is 2.09. The first kappa shape index (κ1) is 14.1. The highest BCUT2D eigenvalue weighted by molar-refractivity contribution is 5.76. The quantitative estimate of drug-likeness (QED) is 0.774. The van der Waals surface area contributed by atoms with Crippen molar-refractivity contribution in [2.75, 3.05) is 6.54 Å². The lowest BCUT2D eigenvalue weighted by Gasteiger charge is -2.07. The number of rotatable bonds is 7. The van der Waals surface area contributed by atoms with Crippen molar-refractivity contribution in [1.82, 2.24) is 9.55 Å². The lowest BCUT2D eigenvalue weighted by atomic mass is 10.2. The second-order valence-electron chi connectivity index (χ2n) is 5.27. The zero-order chi connectivity index (χ0) is 13.7. The van der Waals surface area contributed by atoms with Crippen LogP contribution in [0, 0.1) is 6.92 Å². The zero-order valence-electron chi connectivity index (χ0n) is 12.2. The first-order valence-corrected chi connectivity index (χ1v) is 7.42. The van der Waals surface area contributed by atoms with Crippen LogP contribution in [0.5, 0.6) is 0 Å². The van der Waals surface area contributed by atoms with Crippen molar-refractivity contribution in [2.24, 2.45) is 5.73 Å². The summed E-state index contributed by atoms with van der Waals surface area (Å²) in [6.45, 7) is 6.20. The smallest absolute Gasteiger partial charge is 0.109 e. The van der Waals surface area contributed by atoms with Gasteiger partial charge < -0.3 is 10.3 Å². The molecule has 0 spiro atoms. The molecule has 2 N–H and O–H groups in total. The van der Waals surface area contributed by atoms with E-state index in [1.165, 1.54) is 29.7 Å². The molecule has 0 atom stereocenters. The SMILES string of the molecule is CCCn1c(CCCCCN)nc2cc(C)ccc21. The Morgan fingerprint density at radius 2 is 2.05 bits per heavy atom. The van der Waals surface area contributed by atoms with Crippen LogP contribution >= 0.6 is 0 Å². The number of nitrogens with two attached hydrogens (primary N) is 1. The average Bonchev–Trinajstić information content (AvgIpc) is 2.73. The van der Waals surface area contributed by atoms with Gasteiger partial charge in [-0.15, -0.1) is 0 Å². The van der Waals surface area contributed by atoms with Crippen LogP contribution in [-0.4, -0.2) is 16.1 Å². The van der Waals surface area contributed by atoms with Gasteiger partial charge in [-0.2, -0.15) is 0 Å². The van der Waals surface area contributed by atoms with Gasteiger partial charge in [-0.3, -0.25) is 0 Å². The van der Waals surface area contributed by atoms with E-state index in [1.807, 2.05) is 0 Å². The van der Waals surface area contributed by atoms with Gasteiger partial charge in [0.25, 0.3) is 0 Å². The molecular formula is C16H25N3. The molecular weight excluding hydrogens is 234 g/mol. The third kappa shape index (κ3) is 3.35. The Labute approximate surface area is 115 Å². The highest BCUT2D eigenvalue weighted by Crippen LogP contribution is 2.19. The summed E-state index contributed by atoms with van der Waals surface area (Å²) in [5, 5.41) is 0. The fourth-order valence-electron chi connectivity index (χ4n) is 2.56. The molecule has 0 aliphatic rings. The average molecular weight is 259 g/mol. The fourth-order valence-corrected chi connectivity index (χ4v) is 2.56. The first-order valence-electron chi connectivity index (χ1n) is 7.42. The molecule has 0 fully saturated rings. The lowest BCUT2D eigenvalue weighted by Crippen LogP contribution is -2.04. The molecule has 2 aromatic rings. The topological polar surface area (TPSA) is 43.8 Å². The van der Waals surface area contributed by atoms with Gasteiger partial charge in [0, 0.05) is 13.0 Å². The number of hydrogen-bond acceptors (Lipinski definition) is 2. The largest absolute Gasteiger partial charge is 0.330 e. The summed E-state index contributed by atoms with van der Waals surface area (Å²) in [5.74, 6) is 1.24. The highest BCUT2D eigenvalue weighted by atomic mass is 15.1. The fraction of sp³-hybridized carbons (Fsp3) is 0.562. The maximum absolute atomic E-state index is 5.54. The van der Waals surface area contributed by atoms with Gasteiger partial charge in [-0.1, -0.05) is 19.4 Å². The maximum Gasteiger partial charge on any atom is 0.109 e. The molecule has 3 nitrogen and oxygen atoms in total. The predicted octanol–water partition coefficient (Wildman–Crippen LogP) is 3.43. The van der Waals surface area contributed by atoms with Gasteiger partial charge in [-0.05, 0) is 50.4 Å². The molecule has 0 unspecified atom stereocenters. The third-order valence-corrected chi connectivity index (χ3v) is 3.53. The standard InChI is InChI=1S/C16H25N3/c1-3-11-19-15-9-8-13(2)12-14(15)18-16(19)7-5-4-6-10-17/h8-9,12H,3-7,10-11,17H2,1-2H3. The molecule has 1 heterocycles. The van der Waals surface area contributed by atoms with Gasteiger partial charge in [0.05, 0.1) is 11.0 Å². The van der Waals surface area contributed by atoms with Crippen LogP contribution in [0.2, 0.25) is 0 Å². The molecule has 0 bridgehead atoms. The van der Waals surface area contributed by atoms with E-state index in [0.29, 0.717) is 0 Å². The van der Waals surface area contributed by atoms with E-state index in [4.69, 9.17) is 10.7 Å². The minimum atomic E-state index is 0.796. The van der Waals surface area contributed by atoms with Crippen LogP contribution in [0.15, 0.2) is 18.2 Å². The molecule has 0 saturated carbocycles. The van der Waals surface area contributed by atoms with Crippen molar-refractivity contribution in [3.8, 4) is 0 Å². The summed E-state index contributed by atoms with van der Waals surface area (Å²) in [5.41, 5.74) is 9.24. The van der Waals surface area contributed by atoms with Gasteiger partial charge in [0.2, 0.25) is 0 Å². The van der Waals surface area contributed by atoms with Crippen molar-refractivity contribution >= 4 is 11.0 Å². The van der Waals surface area contributed by atoms with Gasteiger partial charge in [0.15, 0.2) is 0 Å². The summed E-state index contributed by atoms with van der Waals surface area (Å²) in [6.07, 6.45) is 5.71. The van der Waals surface area contributed by atoms with E-state index in [0.717, 1.165) is 37.9 Å². The third-order valence-electron chi connectivity index (χ3n) is 3.53. The van der Waals surface area contributed by atoms with Crippen LogP contribution in [0.3, 0.4) is 0 Å². The van der Waals surface area contributed by atoms with E-state index >= 15 is 0 Å². The minimum Gasteiger partial charge on any atom is -0.330 e. The maximum atomic E-state index is 5.54. The van der Waals surface area contributed by atoms with E-state index < -0.39 is 0 Å². The van der Waals surface area contributed by atoms with Crippen molar-refractivity contribution in [1.29, 1.82) is 0 Å². The number of benzene rings is 1. The number of hydrogen-bond donors (Lipinski definition) is 1. The molecule has 0 aliphatic heterocycles. The molecule has 19 heavy (non-hydrogen) atoms. The van der Waals surface area contributed by atoms with E-state index in [1.54, 1.807) is 0 Å². The molecule has 0 aliphatic carbocycles. The monoisotopic (exact) mass is 259 g/mol. The summed E-state index contributed by atoms with van der Waals surface area (Å²) >= 11 is 0. The van der Waals surface area contributed by atoms with Crippen molar-refractivity contribution in [3.05, 3.63) is 29.6 Å². The summed E-state index contributed by atoms with van der Waals surface area (Å²) in [4.78, 5) is 4.82. The van der Waals surface area contributed by atoms with E-state index in [2.05, 4.69) is 36.6 Å². The number of aryl methyl sites for hydroxylation is 3. The van der Waals surface area contributed by atoms with Crippen LogP contribution in [0.4, 0.5) is 0 Å². The Balaban J connectivity index is 2.22. The van der Waals surface area contributed by atoms with Gasteiger partial charge in [0.1, 0.15) is 5.82 Å². The van der Waals surface area contributed by atoms with Crippen LogP contribution in [-0.2, 0) is 13.0 Å². The van der Waals surface area contributed by atoms with Gasteiger partial charge in [-0.25, -0.2) is 4.98 Å². The lowest BCUT2D eigenvalue weighted by molar-refractivity contribution is 0.614. The molecule has 104 valence electrons. The second-order valence-corrected chi connectivity index (χ2v) is 5.27. The van der Waals surface area contributed by atoms with Gasteiger partial charge >= 0.3 is 0 Å². The predicted molar refractivity (Wildman–Crippen MR) is 81.4 cm³/mol. The number of fused-ring (bicyclic) bond motifs is 1. The number of unbranched alkanes of at least 4 members (excludes halogenated alkanes) is 2. The Hall–Kier alpha value is -1.35. The molecule has 0 radical (unpaired) electrons. The zero-order valence-corrected chi connectivity index (χ0v) is 12.2. The van der Waals surface area contributed by atoms with E-state index in [-0.39, 0.29) is 0 Å². The number of nitrogens with zero attached hydrogens (tertiary/aromatic N) is 2. The molecule has 2 rings (SSSR count). The minimum absolute atomic E-state index is 0.796. The Morgan fingerprint density at radius 3 is 2.79 bits per heavy atom. The first-order chi connectivity index (χ1) is 9.26. The van der Waals surface area contributed by atoms with E-state index in [9.17, 15) is 0 Å². The number of aromatic nitrogens is 2.